The number of hydrogen-bond acceptors (Lipinski definition) is 5. The average molecular weight is 352 g/mol. The quantitative estimate of drug-likeness (QED) is 0.548. The molecule has 0 spiro atoms. The van der Waals surface area contributed by atoms with Gasteiger partial charge in [0.2, 0.25) is 0 Å². The smallest absolute Gasteiger partial charge is 0.191 e. The Balaban J connectivity index is 1.81. The van der Waals surface area contributed by atoms with Crippen LogP contribution in [0.1, 0.15) is 19.2 Å². The van der Waals surface area contributed by atoms with Gasteiger partial charge in [0.15, 0.2) is 11.6 Å². The summed E-state index contributed by atoms with van der Waals surface area (Å²) in [5.74, 6) is 1.67. The Morgan fingerprint density at radius 3 is 2.88 bits per heavy atom. The molecule has 2 N–H and O–H groups in total. The Bertz CT molecular complexity index is 799. The second-order valence-corrected chi connectivity index (χ2v) is 8.02. The number of rotatable bonds is 7. The molecule has 0 radical (unpaired) electrons. The number of nitrogens with zero attached hydrogens (tertiary/aromatic N) is 4. The monoisotopic (exact) mass is 352 g/mol. The van der Waals surface area contributed by atoms with Crippen molar-refractivity contribution in [2.24, 2.45) is 4.99 Å². The van der Waals surface area contributed by atoms with Crippen LogP contribution >= 0.6 is 0 Å². The molecule has 1 atom stereocenters. The highest BCUT2D eigenvalue weighted by Gasteiger charge is 2.10. The molecule has 24 heavy (non-hydrogen) atoms. The van der Waals surface area contributed by atoms with Gasteiger partial charge in [-0.25, -0.2) is 8.42 Å². The van der Waals surface area contributed by atoms with Crippen molar-refractivity contribution in [3.8, 4) is 0 Å². The Morgan fingerprint density at radius 1 is 1.38 bits per heavy atom. The van der Waals surface area contributed by atoms with Gasteiger partial charge in [0.1, 0.15) is 15.7 Å². The fourth-order valence-corrected chi connectivity index (χ4v) is 3.03. The molecule has 8 nitrogen and oxygen atoms in total. The zero-order valence-electron chi connectivity index (χ0n) is 14.2. The first-order valence-electron chi connectivity index (χ1n) is 7.82. The minimum absolute atomic E-state index is 0.0137. The molecule has 0 fully saturated rings. The molecular weight excluding hydrogens is 328 g/mol. The van der Waals surface area contributed by atoms with Crippen LogP contribution in [0.2, 0.25) is 0 Å². The van der Waals surface area contributed by atoms with Gasteiger partial charge >= 0.3 is 0 Å². The topological polar surface area (TPSA) is 101 Å². The van der Waals surface area contributed by atoms with Gasteiger partial charge in [-0.2, -0.15) is 0 Å². The van der Waals surface area contributed by atoms with E-state index in [-0.39, 0.29) is 11.8 Å². The number of pyridine rings is 1. The van der Waals surface area contributed by atoms with E-state index >= 15 is 0 Å². The molecule has 0 aliphatic heterocycles. The van der Waals surface area contributed by atoms with Gasteiger partial charge in [0.05, 0.1) is 5.75 Å². The lowest BCUT2D eigenvalue weighted by atomic mass is 10.3. The van der Waals surface area contributed by atoms with Gasteiger partial charge in [-0.15, -0.1) is 10.2 Å². The van der Waals surface area contributed by atoms with Gasteiger partial charge in [0, 0.05) is 38.5 Å². The Kier molecular flexibility index (Phi) is 6.13. The maximum Gasteiger partial charge on any atom is 0.191 e. The van der Waals surface area contributed by atoms with Crippen LogP contribution in [0.15, 0.2) is 29.4 Å². The van der Waals surface area contributed by atoms with Crippen molar-refractivity contribution >= 4 is 21.4 Å². The first-order chi connectivity index (χ1) is 11.4. The van der Waals surface area contributed by atoms with E-state index in [0.29, 0.717) is 25.3 Å². The van der Waals surface area contributed by atoms with Crippen molar-refractivity contribution in [1.82, 2.24) is 25.2 Å². The molecule has 0 aromatic carbocycles. The number of aliphatic imine (C=N–C) groups is 1. The lowest BCUT2D eigenvalue weighted by Gasteiger charge is -2.17. The first-order valence-corrected chi connectivity index (χ1v) is 9.88. The molecular formula is C15H24N6O2S. The zero-order valence-corrected chi connectivity index (χ0v) is 15.0. The highest BCUT2D eigenvalue weighted by atomic mass is 32.2. The van der Waals surface area contributed by atoms with Crippen LogP contribution in [0.5, 0.6) is 0 Å². The summed E-state index contributed by atoms with van der Waals surface area (Å²) in [6, 6.07) is 5.79. The van der Waals surface area contributed by atoms with E-state index in [1.54, 1.807) is 7.05 Å². The first kappa shape index (κ1) is 18.2. The van der Waals surface area contributed by atoms with Crippen LogP contribution in [-0.4, -0.2) is 60.6 Å². The number of hydrogen-bond donors (Lipinski definition) is 2. The minimum Gasteiger partial charge on any atom is -0.356 e. The molecule has 0 amide bonds. The van der Waals surface area contributed by atoms with E-state index in [4.69, 9.17) is 0 Å². The molecule has 2 aromatic heterocycles. The highest BCUT2D eigenvalue weighted by molar-refractivity contribution is 7.90. The second kappa shape index (κ2) is 8.09. The van der Waals surface area contributed by atoms with Crippen LogP contribution in [0, 0.1) is 0 Å². The van der Waals surface area contributed by atoms with Gasteiger partial charge in [0.25, 0.3) is 0 Å². The molecule has 2 rings (SSSR count). The van der Waals surface area contributed by atoms with Crippen molar-refractivity contribution in [3.63, 3.8) is 0 Å². The molecule has 132 valence electrons. The van der Waals surface area contributed by atoms with E-state index in [2.05, 4.69) is 25.8 Å². The maximum absolute atomic E-state index is 11.2. The summed E-state index contributed by atoms with van der Waals surface area (Å²) >= 11 is 0. The summed E-state index contributed by atoms with van der Waals surface area (Å²) in [7, 11) is -1.26. The third kappa shape index (κ3) is 5.48. The van der Waals surface area contributed by atoms with Gasteiger partial charge in [-0.05, 0) is 25.5 Å². The maximum atomic E-state index is 11.2. The van der Waals surface area contributed by atoms with Gasteiger partial charge in [-0.1, -0.05) is 6.07 Å². The number of guanidine groups is 1. The summed E-state index contributed by atoms with van der Waals surface area (Å²) in [6.07, 6.45) is 4.42. The van der Waals surface area contributed by atoms with Crippen LogP contribution in [-0.2, 0) is 16.3 Å². The Morgan fingerprint density at radius 2 is 2.17 bits per heavy atom. The molecule has 2 aromatic rings. The normalized spacial score (nSPS) is 13.9. The predicted molar refractivity (Wildman–Crippen MR) is 95.0 cm³/mol. The molecule has 9 heteroatoms. The number of nitrogens with one attached hydrogen (secondary N) is 2. The van der Waals surface area contributed by atoms with Gasteiger partial charge < -0.3 is 10.6 Å². The summed E-state index contributed by atoms with van der Waals surface area (Å²) in [6.45, 7) is 2.58. The molecule has 0 aliphatic rings. The fourth-order valence-electron chi connectivity index (χ4n) is 2.25. The molecule has 0 aliphatic carbocycles. The fraction of sp³-hybridized carbons (Fsp3) is 0.533. The van der Waals surface area contributed by atoms with Crippen molar-refractivity contribution in [1.29, 1.82) is 0 Å². The molecule has 0 saturated carbocycles. The summed E-state index contributed by atoms with van der Waals surface area (Å²) in [4.78, 5) is 4.16. The SMILES string of the molecule is CN=C(NCCc1nnc2ccccn12)NC(C)CCS(C)(=O)=O. The third-order valence-electron chi connectivity index (χ3n) is 3.55. The van der Waals surface area contributed by atoms with Crippen LogP contribution in [0.4, 0.5) is 0 Å². The summed E-state index contributed by atoms with van der Waals surface area (Å²) < 4.78 is 24.4. The van der Waals surface area contributed by atoms with E-state index in [0.717, 1.165) is 11.5 Å². The van der Waals surface area contributed by atoms with Crippen molar-refractivity contribution in [3.05, 3.63) is 30.2 Å². The highest BCUT2D eigenvalue weighted by Crippen LogP contribution is 2.02. The predicted octanol–water partition coefficient (Wildman–Crippen LogP) is 0.260. The average Bonchev–Trinajstić information content (AvgIpc) is 2.95. The van der Waals surface area contributed by atoms with Crippen LogP contribution in [0.3, 0.4) is 0 Å². The zero-order chi connectivity index (χ0) is 17.6. The van der Waals surface area contributed by atoms with Crippen LogP contribution in [0.25, 0.3) is 5.65 Å². The molecule has 0 bridgehead atoms. The lowest BCUT2D eigenvalue weighted by Crippen LogP contribution is -2.43. The van der Waals surface area contributed by atoms with E-state index in [9.17, 15) is 8.42 Å². The molecule has 1 unspecified atom stereocenters. The van der Waals surface area contributed by atoms with E-state index < -0.39 is 9.84 Å². The van der Waals surface area contributed by atoms with E-state index in [1.165, 1.54) is 6.26 Å². The van der Waals surface area contributed by atoms with Crippen LogP contribution < -0.4 is 10.6 Å². The molecule has 0 saturated heterocycles. The minimum atomic E-state index is -2.95. The second-order valence-electron chi connectivity index (χ2n) is 5.76. The van der Waals surface area contributed by atoms with Crippen molar-refractivity contribution in [2.75, 3.05) is 25.6 Å². The Labute approximate surface area is 142 Å². The van der Waals surface area contributed by atoms with E-state index in [1.807, 2.05) is 35.7 Å². The standard InChI is InChI=1S/C15H24N6O2S/c1-12(8-11-24(3,22)23)18-15(16-2)17-9-7-14-20-19-13-6-4-5-10-21(13)14/h4-6,10,12H,7-9,11H2,1-3H3,(H2,16,17,18). The van der Waals surface area contributed by atoms with Crippen molar-refractivity contribution < 1.29 is 8.42 Å². The number of aromatic nitrogens is 3. The molecule has 2 heterocycles. The summed E-state index contributed by atoms with van der Waals surface area (Å²) in [5, 5.41) is 14.7. The number of sulfone groups is 1. The number of fused-ring (bicyclic) bond motifs is 1. The largest absolute Gasteiger partial charge is 0.356 e. The Hall–Kier alpha value is -2.16. The summed E-state index contributed by atoms with van der Waals surface area (Å²) in [5.41, 5.74) is 0.824. The van der Waals surface area contributed by atoms with Crippen molar-refractivity contribution in [2.45, 2.75) is 25.8 Å². The lowest BCUT2D eigenvalue weighted by molar-refractivity contribution is 0.581. The third-order valence-corrected chi connectivity index (χ3v) is 4.53. The van der Waals surface area contributed by atoms with Gasteiger partial charge in [-0.3, -0.25) is 9.39 Å².